The molecule has 0 unspecified atom stereocenters. The van der Waals surface area contributed by atoms with E-state index in [0.29, 0.717) is 5.56 Å². The molecule has 4 rings (SSSR count). The molecule has 7 heteroatoms. The van der Waals surface area contributed by atoms with Gasteiger partial charge in [-0.15, -0.1) is 0 Å². The predicted octanol–water partition coefficient (Wildman–Crippen LogP) is 6.13. The van der Waals surface area contributed by atoms with Gasteiger partial charge in [-0.25, -0.2) is 0 Å². The van der Waals surface area contributed by atoms with Gasteiger partial charge in [-0.05, 0) is 47.0 Å². The fourth-order valence-corrected chi connectivity index (χ4v) is 3.09. The van der Waals surface area contributed by atoms with Crippen molar-refractivity contribution >= 4 is 22.9 Å². The Bertz CT molecular complexity index is 1270. The SMILES string of the molecule is O=C(/C=C/c1ccc2nccnc2c1)c1ccc(-c2ccc(OCC(F)(F)F)cc2)cc1. The van der Waals surface area contributed by atoms with E-state index in [0.717, 1.165) is 27.7 Å². The van der Waals surface area contributed by atoms with Crippen molar-refractivity contribution in [2.45, 2.75) is 6.18 Å². The lowest BCUT2D eigenvalue weighted by molar-refractivity contribution is -0.153. The number of alkyl halides is 3. The minimum atomic E-state index is -4.38. The van der Waals surface area contributed by atoms with Gasteiger partial charge in [0.2, 0.25) is 0 Å². The Kier molecular flexibility index (Phi) is 5.98. The van der Waals surface area contributed by atoms with Gasteiger partial charge in [0.1, 0.15) is 5.75 Å². The molecule has 0 atom stereocenters. The molecular formula is C25H17F3N2O2. The fraction of sp³-hybridized carbons (Fsp3) is 0.0800. The number of ketones is 1. The number of hydrogen-bond acceptors (Lipinski definition) is 4. The average molecular weight is 434 g/mol. The van der Waals surface area contributed by atoms with Crippen molar-refractivity contribution in [3.05, 3.63) is 96.3 Å². The van der Waals surface area contributed by atoms with Crippen LogP contribution in [0.5, 0.6) is 5.75 Å². The second kappa shape index (κ2) is 9.01. The minimum absolute atomic E-state index is 0.141. The summed E-state index contributed by atoms with van der Waals surface area (Å²) in [6.07, 6.45) is 2.09. The third kappa shape index (κ3) is 5.37. The Labute approximate surface area is 182 Å². The summed E-state index contributed by atoms with van der Waals surface area (Å²) in [5.74, 6) is -0.00521. The van der Waals surface area contributed by atoms with E-state index >= 15 is 0 Å². The van der Waals surface area contributed by atoms with Crippen LogP contribution in [0.15, 0.2) is 85.2 Å². The highest BCUT2D eigenvalue weighted by Crippen LogP contribution is 2.24. The zero-order chi connectivity index (χ0) is 22.6. The summed E-state index contributed by atoms with van der Waals surface area (Å²) in [4.78, 5) is 21.0. The summed E-state index contributed by atoms with van der Waals surface area (Å²) < 4.78 is 41.4. The van der Waals surface area contributed by atoms with Gasteiger partial charge in [0.25, 0.3) is 0 Å². The molecule has 4 nitrogen and oxygen atoms in total. The van der Waals surface area contributed by atoms with E-state index in [1.165, 1.54) is 18.2 Å². The first-order valence-electron chi connectivity index (χ1n) is 9.71. The number of allylic oxidation sites excluding steroid dienone is 1. The Balaban J connectivity index is 1.42. The van der Waals surface area contributed by atoms with Gasteiger partial charge in [-0.1, -0.05) is 48.5 Å². The second-order valence-corrected chi connectivity index (χ2v) is 7.01. The van der Waals surface area contributed by atoms with Crippen molar-refractivity contribution in [2.75, 3.05) is 6.61 Å². The van der Waals surface area contributed by atoms with Gasteiger partial charge in [-0.2, -0.15) is 13.2 Å². The van der Waals surface area contributed by atoms with Gasteiger partial charge < -0.3 is 4.74 Å². The normalized spacial score (nSPS) is 11.7. The highest BCUT2D eigenvalue weighted by atomic mass is 19.4. The quantitative estimate of drug-likeness (QED) is 0.270. The van der Waals surface area contributed by atoms with E-state index in [-0.39, 0.29) is 11.5 Å². The van der Waals surface area contributed by atoms with Crippen molar-refractivity contribution in [3.63, 3.8) is 0 Å². The maximum Gasteiger partial charge on any atom is 0.422 e. The van der Waals surface area contributed by atoms with Crippen LogP contribution in [0.1, 0.15) is 15.9 Å². The van der Waals surface area contributed by atoms with Crippen LogP contribution in [0.25, 0.3) is 28.2 Å². The molecular weight excluding hydrogens is 417 g/mol. The topological polar surface area (TPSA) is 52.1 Å². The van der Waals surface area contributed by atoms with E-state index < -0.39 is 12.8 Å². The monoisotopic (exact) mass is 434 g/mol. The molecule has 0 fully saturated rings. The number of hydrogen-bond donors (Lipinski definition) is 0. The number of benzene rings is 3. The van der Waals surface area contributed by atoms with E-state index in [4.69, 9.17) is 4.74 Å². The van der Waals surface area contributed by atoms with Crippen LogP contribution < -0.4 is 4.74 Å². The molecule has 0 aliphatic carbocycles. The van der Waals surface area contributed by atoms with Crippen molar-refractivity contribution in [1.82, 2.24) is 9.97 Å². The summed E-state index contributed by atoms with van der Waals surface area (Å²) in [7, 11) is 0. The standard InChI is InChI=1S/C25H17F3N2O2/c26-25(27,28)16-32-21-9-7-19(8-10-21)18-3-5-20(6-4-18)24(31)12-2-17-1-11-22-23(15-17)30-14-13-29-22/h1-15H,16H2/b12-2+. The molecule has 160 valence electrons. The lowest BCUT2D eigenvalue weighted by Gasteiger charge is -2.09. The largest absolute Gasteiger partial charge is 0.484 e. The number of nitrogens with zero attached hydrogens (tertiary/aromatic N) is 2. The molecule has 0 aliphatic rings. The molecule has 0 amide bonds. The molecule has 4 aromatic rings. The zero-order valence-corrected chi connectivity index (χ0v) is 16.7. The summed E-state index contributed by atoms with van der Waals surface area (Å²) in [5, 5.41) is 0. The van der Waals surface area contributed by atoms with E-state index in [9.17, 15) is 18.0 Å². The van der Waals surface area contributed by atoms with Crippen LogP contribution in [0.3, 0.4) is 0 Å². The van der Waals surface area contributed by atoms with Gasteiger partial charge >= 0.3 is 6.18 Å². The van der Waals surface area contributed by atoms with Crippen molar-refractivity contribution < 1.29 is 22.7 Å². The lowest BCUT2D eigenvalue weighted by atomic mass is 10.0. The smallest absolute Gasteiger partial charge is 0.422 e. The highest BCUT2D eigenvalue weighted by Gasteiger charge is 2.28. The van der Waals surface area contributed by atoms with E-state index in [1.54, 1.807) is 54.9 Å². The molecule has 0 saturated heterocycles. The molecule has 0 N–H and O–H groups in total. The summed E-state index contributed by atoms with van der Waals surface area (Å²) in [6.45, 7) is -1.33. The molecule has 0 radical (unpaired) electrons. The molecule has 0 spiro atoms. The Morgan fingerprint density at radius 2 is 1.47 bits per heavy atom. The van der Waals surface area contributed by atoms with Crippen LogP contribution in [0, 0.1) is 0 Å². The van der Waals surface area contributed by atoms with Gasteiger partial charge in [0.15, 0.2) is 12.4 Å². The summed E-state index contributed by atoms with van der Waals surface area (Å²) >= 11 is 0. The van der Waals surface area contributed by atoms with Crippen molar-refractivity contribution in [1.29, 1.82) is 0 Å². The Hall–Kier alpha value is -4.00. The van der Waals surface area contributed by atoms with Crippen LogP contribution in [-0.2, 0) is 0 Å². The first kappa shape index (κ1) is 21.2. The Morgan fingerprint density at radius 1 is 0.844 bits per heavy atom. The van der Waals surface area contributed by atoms with Crippen molar-refractivity contribution in [2.24, 2.45) is 0 Å². The first-order chi connectivity index (χ1) is 15.4. The van der Waals surface area contributed by atoms with E-state index in [2.05, 4.69) is 9.97 Å². The van der Waals surface area contributed by atoms with Gasteiger partial charge in [0.05, 0.1) is 11.0 Å². The number of ether oxygens (including phenoxy) is 1. The Morgan fingerprint density at radius 3 is 2.12 bits per heavy atom. The highest BCUT2D eigenvalue weighted by molar-refractivity contribution is 6.07. The van der Waals surface area contributed by atoms with Crippen molar-refractivity contribution in [3.8, 4) is 16.9 Å². The molecule has 32 heavy (non-hydrogen) atoms. The molecule has 3 aromatic carbocycles. The third-order valence-corrected chi connectivity index (χ3v) is 4.68. The molecule has 0 bridgehead atoms. The predicted molar refractivity (Wildman–Crippen MR) is 116 cm³/mol. The average Bonchev–Trinajstić information content (AvgIpc) is 2.81. The zero-order valence-electron chi connectivity index (χ0n) is 16.7. The number of carbonyl (C=O) groups excluding carboxylic acids is 1. The maximum atomic E-state index is 12.5. The number of rotatable bonds is 6. The number of fused-ring (bicyclic) bond motifs is 1. The fourth-order valence-electron chi connectivity index (χ4n) is 3.09. The number of aromatic nitrogens is 2. The molecule has 0 saturated carbocycles. The molecule has 0 aliphatic heterocycles. The second-order valence-electron chi connectivity index (χ2n) is 7.01. The minimum Gasteiger partial charge on any atom is -0.484 e. The first-order valence-corrected chi connectivity index (χ1v) is 9.71. The number of carbonyl (C=O) groups is 1. The summed E-state index contributed by atoms with van der Waals surface area (Å²) in [5.41, 5.74) is 4.54. The van der Waals surface area contributed by atoms with Crippen LogP contribution in [0.2, 0.25) is 0 Å². The van der Waals surface area contributed by atoms with E-state index in [1.807, 2.05) is 18.2 Å². The molecule has 1 aromatic heterocycles. The molecule has 1 heterocycles. The maximum absolute atomic E-state index is 12.5. The lowest BCUT2D eigenvalue weighted by Crippen LogP contribution is -2.19. The third-order valence-electron chi connectivity index (χ3n) is 4.68. The number of halogens is 3. The summed E-state index contributed by atoms with van der Waals surface area (Å²) in [6, 6.07) is 18.9. The van der Waals surface area contributed by atoms with Crippen LogP contribution >= 0.6 is 0 Å². The van der Waals surface area contributed by atoms with Gasteiger partial charge in [-0.3, -0.25) is 14.8 Å². The van der Waals surface area contributed by atoms with Gasteiger partial charge in [0, 0.05) is 18.0 Å². The van der Waals surface area contributed by atoms with Crippen LogP contribution in [0.4, 0.5) is 13.2 Å². The van der Waals surface area contributed by atoms with Crippen LogP contribution in [-0.4, -0.2) is 28.5 Å².